The fraction of sp³-hybridized carbons (Fsp3) is 0.700. The van der Waals surface area contributed by atoms with Crippen LogP contribution in [0.2, 0.25) is 0 Å². The Balaban J connectivity index is 2.23. The van der Waals surface area contributed by atoms with Gasteiger partial charge < -0.3 is 34.3 Å². The van der Waals surface area contributed by atoms with E-state index in [-0.39, 0.29) is 19.8 Å². The van der Waals surface area contributed by atoms with E-state index in [1.165, 1.54) is 0 Å². The molecule has 0 aliphatic rings. The maximum absolute atomic E-state index is 13.5. The summed E-state index contributed by atoms with van der Waals surface area (Å²) in [6.07, 6.45) is -17.5. The summed E-state index contributed by atoms with van der Waals surface area (Å²) in [4.78, 5) is 0. The van der Waals surface area contributed by atoms with E-state index in [1.807, 2.05) is 19.1 Å². The number of halogens is 6. The van der Waals surface area contributed by atoms with E-state index < -0.39 is 63.8 Å². The second-order valence-corrected chi connectivity index (χ2v) is 7.20. The molecule has 0 amide bonds. The summed E-state index contributed by atoms with van der Waals surface area (Å²) in [6, 6.07) is 7.02. The molecule has 0 radical (unpaired) electrons. The van der Waals surface area contributed by atoms with Gasteiger partial charge >= 0.3 is 18.5 Å². The largest absolute Gasteiger partial charge is 0.495 e. The molecule has 0 heterocycles. The van der Waals surface area contributed by atoms with E-state index in [2.05, 4.69) is 18.9 Å². The van der Waals surface area contributed by atoms with Gasteiger partial charge in [0, 0.05) is 0 Å². The quantitative estimate of drug-likeness (QED) is 0.141. The molecule has 3 N–H and O–H groups in total. The fourth-order valence-corrected chi connectivity index (χ4v) is 2.20. The van der Waals surface area contributed by atoms with Crippen LogP contribution < -0.4 is 4.74 Å². The van der Waals surface area contributed by atoms with Crippen molar-refractivity contribution < 1.29 is 70.1 Å². The van der Waals surface area contributed by atoms with E-state index in [0.29, 0.717) is 5.75 Å². The van der Waals surface area contributed by atoms with Gasteiger partial charge in [-0.3, -0.25) is 0 Å². The first-order chi connectivity index (χ1) is 16.2. The molecule has 0 aliphatic heterocycles. The summed E-state index contributed by atoms with van der Waals surface area (Å²) >= 11 is 0. The van der Waals surface area contributed by atoms with Crippen molar-refractivity contribution in [1.29, 1.82) is 0 Å². The van der Waals surface area contributed by atoms with Crippen LogP contribution in [0.1, 0.15) is 5.56 Å². The Bertz CT molecular complexity index is 709. The monoisotopic (exact) mass is 526 g/mol. The van der Waals surface area contributed by atoms with Crippen molar-refractivity contribution in [2.75, 3.05) is 52.9 Å². The molecule has 9 nitrogen and oxygen atoms in total. The van der Waals surface area contributed by atoms with Crippen LogP contribution in [-0.4, -0.2) is 98.9 Å². The minimum Gasteiger partial charge on any atom is -0.491 e. The zero-order chi connectivity index (χ0) is 26.5. The number of rotatable bonds is 19. The van der Waals surface area contributed by atoms with E-state index in [0.717, 1.165) is 5.56 Å². The number of hydrogen-bond donors (Lipinski definition) is 3. The Morgan fingerprint density at radius 1 is 0.743 bits per heavy atom. The van der Waals surface area contributed by atoms with Gasteiger partial charge in [0.05, 0.1) is 33.0 Å². The highest BCUT2D eigenvalue weighted by molar-refractivity contribution is 5.26. The molecule has 2 unspecified atom stereocenters. The summed E-state index contributed by atoms with van der Waals surface area (Å²) in [5.41, 5.74) is 1.02. The molecule has 1 rings (SSSR count). The van der Waals surface area contributed by atoms with Crippen molar-refractivity contribution in [2.45, 2.75) is 37.6 Å². The molecule has 35 heavy (non-hydrogen) atoms. The minimum absolute atomic E-state index is 0.109. The first kappa shape index (κ1) is 31.3. The molecule has 0 spiro atoms. The average Bonchev–Trinajstić information content (AvgIpc) is 2.73. The molecule has 0 saturated carbocycles. The lowest BCUT2D eigenvalue weighted by molar-refractivity contribution is -0.518. The van der Waals surface area contributed by atoms with Crippen LogP contribution in [0.3, 0.4) is 0 Å². The third-order valence-electron chi connectivity index (χ3n) is 3.74. The van der Waals surface area contributed by atoms with Crippen molar-refractivity contribution >= 4 is 0 Å². The number of benzene rings is 1. The third-order valence-corrected chi connectivity index (χ3v) is 3.74. The Morgan fingerprint density at radius 3 is 1.83 bits per heavy atom. The highest BCUT2D eigenvalue weighted by atomic mass is 19.3. The smallest absolute Gasteiger partial charge is 0.491 e. The predicted molar refractivity (Wildman–Crippen MR) is 105 cm³/mol. The first-order valence-corrected chi connectivity index (χ1v) is 10.2. The van der Waals surface area contributed by atoms with Crippen molar-refractivity contribution in [2.24, 2.45) is 0 Å². The van der Waals surface area contributed by atoms with Crippen LogP contribution in [-0.2, 0) is 23.7 Å². The van der Waals surface area contributed by atoms with E-state index >= 15 is 0 Å². The maximum atomic E-state index is 13.5. The molecule has 0 aromatic heterocycles. The molecule has 0 bridgehead atoms. The number of ether oxygens (including phenoxy) is 6. The van der Waals surface area contributed by atoms with Gasteiger partial charge in [0.1, 0.15) is 37.8 Å². The molecule has 1 aromatic carbocycles. The Labute approximate surface area is 197 Å². The number of aliphatic hydroxyl groups is 3. The van der Waals surface area contributed by atoms with Crippen LogP contribution in [0.15, 0.2) is 24.3 Å². The highest BCUT2D eigenvalue weighted by Gasteiger charge is 2.52. The van der Waals surface area contributed by atoms with Gasteiger partial charge in [-0.15, -0.1) is 8.78 Å². The average molecular weight is 526 g/mol. The Kier molecular flexibility index (Phi) is 13.2. The lowest BCUT2D eigenvalue weighted by Crippen LogP contribution is -2.44. The third kappa shape index (κ3) is 15.1. The lowest BCUT2D eigenvalue weighted by Gasteiger charge is -2.26. The number of alkyl halides is 6. The number of aliphatic hydroxyl groups excluding tert-OH is 3. The molecule has 0 fully saturated rings. The van der Waals surface area contributed by atoms with E-state index in [1.54, 1.807) is 12.1 Å². The number of aryl methyl sites for hydroxylation is 1. The summed E-state index contributed by atoms with van der Waals surface area (Å²) in [7, 11) is 0. The molecule has 0 aliphatic carbocycles. The van der Waals surface area contributed by atoms with Crippen molar-refractivity contribution in [1.82, 2.24) is 0 Å². The van der Waals surface area contributed by atoms with Crippen LogP contribution in [0.5, 0.6) is 5.75 Å². The van der Waals surface area contributed by atoms with E-state index in [4.69, 9.17) is 19.7 Å². The first-order valence-electron chi connectivity index (χ1n) is 10.2. The van der Waals surface area contributed by atoms with Crippen molar-refractivity contribution in [3.63, 3.8) is 0 Å². The van der Waals surface area contributed by atoms with Gasteiger partial charge in [-0.2, -0.15) is 17.6 Å². The van der Waals surface area contributed by atoms with Gasteiger partial charge in [-0.25, -0.2) is 9.47 Å². The second kappa shape index (κ2) is 14.7. The maximum Gasteiger partial charge on any atom is 0.495 e. The lowest BCUT2D eigenvalue weighted by atomic mass is 10.2. The Morgan fingerprint density at radius 2 is 1.26 bits per heavy atom. The van der Waals surface area contributed by atoms with Gasteiger partial charge in [-0.1, -0.05) is 17.7 Å². The summed E-state index contributed by atoms with van der Waals surface area (Å²) < 4.78 is 105. The van der Waals surface area contributed by atoms with Crippen LogP contribution >= 0.6 is 0 Å². The topological polar surface area (TPSA) is 116 Å². The highest BCUT2D eigenvalue weighted by Crippen LogP contribution is 2.33. The van der Waals surface area contributed by atoms with Crippen LogP contribution in [0, 0.1) is 6.92 Å². The molecule has 2 atom stereocenters. The minimum atomic E-state index is -5.42. The normalized spacial score (nSPS) is 14.7. The van der Waals surface area contributed by atoms with Gasteiger partial charge in [0.15, 0.2) is 0 Å². The van der Waals surface area contributed by atoms with Crippen molar-refractivity contribution in [3.8, 4) is 5.75 Å². The van der Waals surface area contributed by atoms with Gasteiger partial charge in [0.2, 0.25) is 0 Å². The van der Waals surface area contributed by atoms with Gasteiger partial charge in [0.25, 0.3) is 0 Å². The van der Waals surface area contributed by atoms with Gasteiger partial charge in [-0.05, 0) is 19.1 Å². The van der Waals surface area contributed by atoms with Crippen molar-refractivity contribution in [3.05, 3.63) is 29.8 Å². The summed E-state index contributed by atoms with van der Waals surface area (Å²) in [5.74, 6) is 0.520. The molecule has 1 aromatic rings. The molecular weight excluding hydrogens is 498 g/mol. The molecule has 204 valence electrons. The Hall–Kier alpha value is -1.72. The van der Waals surface area contributed by atoms with Crippen LogP contribution in [0.4, 0.5) is 26.3 Å². The molecule has 15 heteroatoms. The predicted octanol–water partition coefficient (Wildman–Crippen LogP) is 1.91. The molecular formula is C20H28F6O9. The van der Waals surface area contributed by atoms with Crippen LogP contribution in [0.25, 0.3) is 0 Å². The SMILES string of the molecule is Cc1ccc(OCC(O)COCCOCC(F)(F)OC(F)(F)OC(F)(F)COCC(O)CO)cc1. The molecule has 0 saturated heterocycles. The van der Waals surface area contributed by atoms with E-state index in [9.17, 15) is 31.4 Å². The fourth-order valence-electron chi connectivity index (χ4n) is 2.20. The zero-order valence-electron chi connectivity index (χ0n) is 18.7. The summed E-state index contributed by atoms with van der Waals surface area (Å²) in [6.45, 7) is -4.53. The summed E-state index contributed by atoms with van der Waals surface area (Å²) in [5, 5.41) is 27.1. The number of hydrogen-bond acceptors (Lipinski definition) is 9. The second-order valence-electron chi connectivity index (χ2n) is 7.20. The zero-order valence-corrected chi connectivity index (χ0v) is 18.7. The standard InChI is InChI=1S/C20H28F6O9/c1-14-2-4-17(5-3-14)33-11-16(29)10-30-6-7-31-12-18(21,22)34-20(25,26)35-19(23,24)13-32-9-15(28)8-27/h2-5,15-16,27-29H,6-13H2,1H3.